The average molecular weight is 219 g/mol. The Balaban J connectivity index is 0. The molecule has 6 N–H and O–H groups in total. The standard InChI is InChI=1S/C3H7NO2S.H3O4P/c4-2(1-7)3(5)6;1-5(2,3)4/h2,7H,1,4H2,(H,5,6);(H3,1,2,3,4)/t2-;/m0./s1. The van der Waals surface area contributed by atoms with Gasteiger partial charge in [0.1, 0.15) is 6.04 Å². The van der Waals surface area contributed by atoms with Gasteiger partial charge in [0.15, 0.2) is 0 Å². The van der Waals surface area contributed by atoms with Crippen LogP contribution in [0.4, 0.5) is 0 Å². The lowest BCUT2D eigenvalue weighted by atomic mass is 10.4. The molecular formula is C3H10NO6PS. The largest absolute Gasteiger partial charge is 0.480 e. The maximum Gasteiger partial charge on any atom is 0.466 e. The van der Waals surface area contributed by atoms with Crippen LogP contribution >= 0.6 is 20.5 Å². The van der Waals surface area contributed by atoms with E-state index in [1.54, 1.807) is 0 Å². The van der Waals surface area contributed by atoms with Crippen molar-refractivity contribution in [3.63, 3.8) is 0 Å². The quantitative estimate of drug-likeness (QED) is 0.242. The molecule has 0 bridgehead atoms. The zero-order valence-corrected chi connectivity index (χ0v) is 7.65. The van der Waals surface area contributed by atoms with Crippen LogP contribution in [-0.4, -0.2) is 37.6 Å². The number of carboxylic acid groups (broad SMARTS) is 1. The number of carbonyl (C=O) groups is 1. The molecule has 0 heterocycles. The molecule has 0 aliphatic rings. The van der Waals surface area contributed by atoms with Crippen LogP contribution in [0.25, 0.3) is 0 Å². The van der Waals surface area contributed by atoms with Crippen LogP contribution in [0.2, 0.25) is 0 Å². The highest BCUT2D eigenvalue weighted by Gasteiger charge is 2.06. The predicted molar refractivity (Wildman–Crippen MR) is 43.7 cm³/mol. The third-order valence-corrected chi connectivity index (χ3v) is 0.907. The van der Waals surface area contributed by atoms with Crippen LogP contribution in [0.1, 0.15) is 0 Å². The molecule has 12 heavy (non-hydrogen) atoms. The lowest BCUT2D eigenvalue weighted by Gasteiger charge is -1.96. The van der Waals surface area contributed by atoms with Crippen LogP contribution in [0.3, 0.4) is 0 Å². The van der Waals surface area contributed by atoms with Crippen molar-refractivity contribution in [2.24, 2.45) is 5.73 Å². The van der Waals surface area contributed by atoms with E-state index in [1.165, 1.54) is 0 Å². The van der Waals surface area contributed by atoms with E-state index in [1.807, 2.05) is 0 Å². The fourth-order valence-corrected chi connectivity index (χ4v) is 0.234. The molecule has 0 fully saturated rings. The average Bonchev–Trinajstić information content (AvgIpc) is 1.82. The Bertz CT molecular complexity index is 171. The first-order chi connectivity index (χ1) is 5.18. The van der Waals surface area contributed by atoms with E-state index >= 15 is 0 Å². The van der Waals surface area contributed by atoms with Gasteiger partial charge in [-0.1, -0.05) is 0 Å². The smallest absolute Gasteiger partial charge is 0.466 e. The number of hydrogen-bond acceptors (Lipinski definition) is 4. The Labute approximate surface area is 73.9 Å². The highest BCUT2D eigenvalue weighted by molar-refractivity contribution is 7.80. The fourth-order valence-electron chi connectivity index (χ4n) is 0.0781. The monoisotopic (exact) mass is 219 g/mol. The van der Waals surface area contributed by atoms with Crippen LogP contribution in [0.15, 0.2) is 0 Å². The Hall–Kier alpha value is -0.110. The van der Waals surface area contributed by atoms with Crippen molar-refractivity contribution in [2.45, 2.75) is 6.04 Å². The Kier molecular flexibility index (Phi) is 7.70. The van der Waals surface area contributed by atoms with Gasteiger partial charge in [-0.2, -0.15) is 12.6 Å². The number of thiol groups is 1. The molecule has 0 radical (unpaired) electrons. The van der Waals surface area contributed by atoms with Crippen LogP contribution < -0.4 is 5.73 Å². The van der Waals surface area contributed by atoms with Gasteiger partial charge in [0.2, 0.25) is 0 Å². The molecule has 0 unspecified atom stereocenters. The first kappa shape index (κ1) is 14.4. The second kappa shape index (κ2) is 6.41. The molecule has 0 aliphatic heterocycles. The van der Waals surface area contributed by atoms with Crippen molar-refractivity contribution in [3.8, 4) is 0 Å². The molecule has 0 rings (SSSR count). The second-order valence-corrected chi connectivity index (χ2v) is 3.03. The number of aliphatic carboxylic acids is 1. The summed E-state index contributed by atoms with van der Waals surface area (Å²) in [6, 6.07) is -0.816. The molecule has 0 aliphatic carbocycles. The zero-order chi connectivity index (χ0) is 10.4. The van der Waals surface area contributed by atoms with Gasteiger partial charge in [-0.25, -0.2) is 4.57 Å². The summed E-state index contributed by atoms with van der Waals surface area (Å²) in [6.07, 6.45) is 0. The Morgan fingerprint density at radius 3 is 1.75 bits per heavy atom. The van der Waals surface area contributed by atoms with E-state index < -0.39 is 19.8 Å². The molecule has 0 spiro atoms. The van der Waals surface area contributed by atoms with Gasteiger partial charge in [-0.05, 0) is 0 Å². The molecule has 1 atom stereocenters. The van der Waals surface area contributed by atoms with Gasteiger partial charge in [0, 0.05) is 5.75 Å². The summed E-state index contributed by atoms with van der Waals surface area (Å²) in [5, 5.41) is 8.01. The van der Waals surface area contributed by atoms with Crippen molar-refractivity contribution >= 4 is 26.4 Å². The number of carboxylic acids is 1. The molecular weight excluding hydrogens is 209 g/mol. The minimum Gasteiger partial charge on any atom is -0.480 e. The van der Waals surface area contributed by atoms with Gasteiger partial charge in [-0.15, -0.1) is 0 Å². The number of phosphoric acid groups is 1. The maximum absolute atomic E-state index is 9.76. The maximum atomic E-state index is 9.76. The number of hydrogen-bond donors (Lipinski definition) is 6. The first-order valence-electron chi connectivity index (χ1n) is 2.56. The highest BCUT2D eigenvalue weighted by Crippen LogP contribution is 2.25. The molecule has 0 saturated heterocycles. The molecule has 0 amide bonds. The second-order valence-electron chi connectivity index (χ2n) is 1.64. The van der Waals surface area contributed by atoms with Crippen molar-refractivity contribution in [1.29, 1.82) is 0 Å². The Morgan fingerprint density at radius 1 is 1.50 bits per heavy atom. The third-order valence-electron chi connectivity index (χ3n) is 0.514. The molecule has 9 heteroatoms. The van der Waals surface area contributed by atoms with Crippen molar-refractivity contribution < 1.29 is 29.1 Å². The summed E-state index contributed by atoms with van der Waals surface area (Å²) in [5.41, 5.74) is 4.94. The minimum absolute atomic E-state index is 0.190. The molecule has 0 saturated carbocycles. The van der Waals surface area contributed by atoms with Gasteiger partial charge >= 0.3 is 13.8 Å². The minimum atomic E-state index is -4.64. The summed E-state index contributed by atoms with van der Waals surface area (Å²) >= 11 is 3.65. The van der Waals surface area contributed by atoms with Crippen molar-refractivity contribution in [2.75, 3.05) is 5.75 Å². The van der Waals surface area contributed by atoms with Crippen LogP contribution in [-0.2, 0) is 9.36 Å². The van der Waals surface area contributed by atoms with E-state index in [0.717, 1.165) is 0 Å². The lowest BCUT2D eigenvalue weighted by molar-refractivity contribution is -0.137. The third kappa shape index (κ3) is 22.5. The fraction of sp³-hybridized carbons (Fsp3) is 0.667. The van der Waals surface area contributed by atoms with E-state index in [2.05, 4.69) is 12.6 Å². The van der Waals surface area contributed by atoms with Gasteiger partial charge < -0.3 is 25.5 Å². The highest BCUT2D eigenvalue weighted by atomic mass is 32.1. The summed E-state index contributed by atoms with van der Waals surface area (Å²) in [5.74, 6) is -0.815. The zero-order valence-electron chi connectivity index (χ0n) is 5.86. The number of nitrogens with two attached hydrogens (primary N) is 1. The summed E-state index contributed by atoms with van der Waals surface area (Å²) in [7, 11) is -4.64. The lowest BCUT2D eigenvalue weighted by Crippen LogP contribution is -2.31. The van der Waals surface area contributed by atoms with Crippen molar-refractivity contribution in [1.82, 2.24) is 0 Å². The van der Waals surface area contributed by atoms with Gasteiger partial charge in [0.05, 0.1) is 0 Å². The van der Waals surface area contributed by atoms with E-state index in [-0.39, 0.29) is 5.75 Å². The van der Waals surface area contributed by atoms with Crippen LogP contribution in [0.5, 0.6) is 0 Å². The van der Waals surface area contributed by atoms with Gasteiger partial charge in [0.25, 0.3) is 0 Å². The molecule has 74 valence electrons. The summed E-state index contributed by atoms with van der Waals surface area (Å²) in [6.45, 7) is 0. The van der Waals surface area contributed by atoms with E-state index in [9.17, 15) is 4.79 Å². The summed E-state index contributed by atoms with van der Waals surface area (Å²) in [4.78, 5) is 31.3. The van der Waals surface area contributed by atoms with Gasteiger partial charge in [-0.3, -0.25) is 4.79 Å². The topological polar surface area (TPSA) is 141 Å². The van der Waals surface area contributed by atoms with E-state index in [4.69, 9.17) is 30.1 Å². The Morgan fingerprint density at radius 2 is 1.75 bits per heavy atom. The SMILES string of the molecule is N[C@@H](CS)C(=O)O.O=P(O)(O)O. The van der Waals surface area contributed by atoms with E-state index in [0.29, 0.717) is 0 Å². The first-order valence-corrected chi connectivity index (χ1v) is 4.75. The predicted octanol–water partition coefficient (Wildman–Crippen LogP) is -1.60. The molecule has 0 aromatic rings. The molecule has 0 aromatic carbocycles. The van der Waals surface area contributed by atoms with Crippen molar-refractivity contribution in [3.05, 3.63) is 0 Å². The molecule has 0 aromatic heterocycles. The molecule has 7 nitrogen and oxygen atoms in total. The number of rotatable bonds is 2. The summed E-state index contributed by atoms with van der Waals surface area (Å²) < 4.78 is 8.88. The normalized spacial score (nSPS) is 12.8. The van der Waals surface area contributed by atoms with Crippen LogP contribution in [0, 0.1) is 0 Å².